The van der Waals surface area contributed by atoms with Gasteiger partial charge in [0.1, 0.15) is 11.6 Å². The number of nitrogens with one attached hydrogen (secondary N) is 2. The minimum absolute atomic E-state index is 0.129. The summed E-state index contributed by atoms with van der Waals surface area (Å²) in [4.78, 5) is 16.4. The van der Waals surface area contributed by atoms with Crippen molar-refractivity contribution in [1.82, 2.24) is 15.6 Å². The van der Waals surface area contributed by atoms with Crippen LogP contribution in [0.15, 0.2) is 36.7 Å². The van der Waals surface area contributed by atoms with Crippen molar-refractivity contribution >= 4 is 6.03 Å². The van der Waals surface area contributed by atoms with Crippen LogP contribution in [0.2, 0.25) is 0 Å². The van der Waals surface area contributed by atoms with E-state index in [4.69, 9.17) is 4.74 Å². The summed E-state index contributed by atoms with van der Waals surface area (Å²) in [5, 5.41) is 6.00. The maximum absolute atomic E-state index is 13.3. The van der Waals surface area contributed by atoms with Gasteiger partial charge in [-0.1, -0.05) is 6.07 Å². The molecule has 0 spiro atoms. The normalized spacial score (nSPS) is 24.0. The van der Waals surface area contributed by atoms with Crippen molar-refractivity contribution < 1.29 is 13.9 Å². The topological polar surface area (TPSA) is 63.2 Å². The third kappa shape index (κ3) is 2.81. The number of rotatable bonds is 4. The molecular formula is C19H20FN3O2. The Bertz CT molecular complexity index is 826. The van der Waals surface area contributed by atoms with Gasteiger partial charge in [-0.05, 0) is 48.6 Å². The first-order valence-electron chi connectivity index (χ1n) is 8.41. The Morgan fingerprint density at radius 3 is 3.04 bits per heavy atom. The van der Waals surface area contributed by atoms with E-state index in [0.29, 0.717) is 17.6 Å². The highest BCUT2D eigenvalue weighted by Gasteiger charge is 2.56. The van der Waals surface area contributed by atoms with Gasteiger partial charge in [0.05, 0.1) is 19.3 Å². The first-order valence-corrected chi connectivity index (χ1v) is 8.41. The average molecular weight is 341 g/mol. The van der Waals surface area contributed by atoms with E-state index in [2.05, 4.69) is 15.6 Å². The molecule has 0 saturated heterocycles. The zero-order valence-electron chi connectivity index (χ0n) is 14.1. The first-order chi connectivity index (χ1) is 12.1. The average Bonchev–Trinajstić information content (AvgIpc) is 3.11. The SMILES string of the molecule is COc1cnccc1C(C)NC(=O)NC1C2Cc3cc(F)ccc3C21. The van der Waals surface area contributed by atoms with E-state index in [9.17, 15) is 9.18 Å². The zero-order valence-corrected chi connectivity index (χ0v) is 14.1. The lowest BCUT2D eigenvalue weighted by Gasteiger charge is -2.18. The van der Waals surface area contributed by atoms with Gasteiger partial charge in [-0.15, -0.1) is 0 Å². The molecule has 2 aliphatic rings. The van der Waals surface area contributed by atoms with Crippen molar-refractivity contribution in [2.75, 3.05) is 7.11 Å². The van der Waals surface area contributed by atoms with Gasteiger partial charge >= 0.3 is 6.03 Å². The van der Waals surface area contributed by atoms with Gasteiger partial charge in [-0.3, -0.25) is 4.98 Å². The Balaban J connectivity index is 1.37. The molecule has 2 amide bonds. The van der Waals surface area contributed by atoms with Gasteiger partial charge in [0, 0.05) is 23.7 Å². The Morgan fingerprint density at radius 2 is 2.24 bits per heavy atom. The summed E-state index contributed by atoms with van der Waals surface area (Å²) in [5.41, 5.74) is 3.12. The smallest absolute Gasteiger partial charge is 0.315 e. The number of amides is 2. The number of methoxy groups -OCH3 is 1. The van der Waals surface area contributed by atoms with Crippen molar-refractivity contribution in [3.05, 3.63) is 59.2 Å². The van der Waals surface area contributed by atoms with E-state index in [1.165, 1.54) is 11.6 Å². The minimum atomic E-state index is -0.200. The second-order valence-electron chi connectivity index (χ2n) is 6.72. The fourth-order valence-electron chi connectivity index (χ4n) is 3.97. The summed E-state index contributed by atoms with van der Waals surface area (Å²) in [6.45, 7) is 1.91. The molecule has 4 unspecified atom stereocenters. The predicted octanol–water partition coefficient (Wildman–Crippen LogP) is 2.93. The number of hydrogen-bond acceptors (Lipinski definition) is 3. The molecule has 1 aromatic heterocycles. The number of ether oxygens (including phenoxy) is 1. The highest BCUT2D eigenvalue weighted by molar-refractivity contribution is 5.76. The summed E-state index contributed by atoms with van der Waals surface area (Å²) < 4.78 is 18.6. The lowest BCUT2D eigenvalue weighted by atomic mass is 10.0. The molecule has 6 heteroatoms. The molecule has 130 valence electrons. The maximum atomic E-state index is 13.3. The fourth-order valence-corrected chi connectivity index (χ4v) is 3.97. The Kier molecular flexibility index (Phi) is 3.82. The number of halogens is 1. The van der Waals surface area contributed by atoms with Crippen LogP contribution in [0.4, 0.5) is 9.18 Å². The number of carbonyl (C=O) groups is 1. The molecule has 1 fully saturated rings. The third-order valence-electron chi connectivity index (χ3n) is 5.24. The van der Waals surface area contributed by atoms with E-state index >= 15 is 0 Å². The lowest BCUT2D eigenvalue weighted by Crippen LogP contribution is -2.39. The highest BCUT2D eigenvalue weighted by atomic mass is 19.1. The van der Waals surface area contributed by atoms with E-state index in [0.717, 1.165) is 17.5 Å². The van der Waals surface area contributed by atoms with Crippen molar-refractivity contribution in [2.24, 2.45) is 5.92 Å². The van der Waals surface area contributed by atoms with Crippen LogP contribution in [0.25, 0.3) is 0 Å². The summed E-state index contributed by atoms with van der Waals surface area (Å²) in [7, 11) is 1.58. The van der Waals surface area contributed by atoms with Crippen LogP contribution >= 0.6 is 0 Å². The number of nitrogens with zero attached hydrogens (tertiary/aromatic N) is 1. The van der Waals surface area contributed by atoms with Gasteiger partial charge in [-0.25, -0.2) is 9.18 Å². The molecule has 1 saturated carbocycles. The monoisotopic (exact) mass is 341 g/mol. The molecule has 25 heavy (non-hydrogen) atoms. The summed E-state index contributed by atoms with van der Waals surface area (Å²) in [5.74, 6) is 1.15. The van der Waals surface area contributed by atoms with Crippen molar-refractivity contribution in [3.8, 4) is 5.75 Å². The quantitative estimate of drug-likeness (QED) is 0.899. The van der Waals surface area contributed by atoms with Crippen LogP contribution in [0.3, 0.4) is 0 Å². The number of hydrogen-bond donors (Lipinski definition) is 2. The van der Waals surface area contributed by atoms with Crippen molar-refractivity contribution in [2.45, 2.75) is 31.3 Å². The summed E-state index contributed by atoms with van der Waals surface area (Å²) >= 11 is 0. The van der Waals surface area contributed by atoms with Gasteiger partial charge in [0.2, 0.25) is 0 Å². The van der Waals surface area contributed by atoms with E-state index in [1.54, 1.807) is 25.6 Å². The Morgan fingerprint density at radius 1 is 1.40 bits per heavy atom. The maximum Gasteiger partial charge on any atom is 0.315 e. The van der Waals surface area contributed by atoms with Gasteiger partial charge in [0.25, 0.3) is 0 Å². The zero-order chi connectivity index (χ0) is 17.6. The molecule has 2 N–H and O–H groups in total. The van der Waals surface area contributed by atoms with Crippen LogP contribution in [0.5, 0.6) is 5.75 Å². The third-order valence-corrected chi connectivity index (χ3v) is 5.24. The van der Waals surface area contributed by atoms with E-state index in [1.807, 2.05) is 19.1 Å². The van der Waals surface area contributed by atoms with Crippen LogP contribution < -0.4 is 15.4 Å². The van der Waals surface area contributed by atoms with Crippen LogP contribution in [0.1, 0.15) is 35.6 Å². The standard InChI is InChI=1S/C19H20FN3O2/c1-10(13-5-6-21-9-16(13)25-2)22-19(24)23-18-15-8-11-7-12(20)3-4-14(11)17(15)18/h3-7,9-10,15,17-18H,8H2,1-2H3,(H2,22,23,24). The first kappa shape index (κ1) is 15.9. The van der Waals surface area contributed by atoms with Crippen molar-refractivity contribution in [1.29, 1.82) is 0 Å². The molecule has 0 radical (unpaired) electrons. The number of urea groups is 1. The summed E-state index contributed by atoms with van der Waals surface area (Å²) in [6, 6.07) is 6.52. The van der Waals surface area contributed by atoms with Crippen LogP contribution in [-0.2, 0) is 6.42 Å². The van der Waals surface area contributed by atoms with Crippen LogP contribution in [0, 0.1) is 11.7 Å². The van der Waals surface area contributed by atoms with E-state index < -0.39 is 0 Å². The summed E-state index contributed by atoms with van der Waals surface area (Å²) in [6.07, 6.45) is 4.14. The number of aromatic nitrogens is 1. The predicted molar refractivity (Wildman–Crippen MR) is 91.0 cm³/mol. The number of pyridine rings is 1. The number of carbonyl (C=O) groups excluding carboxylic acids is 1. The fraction of sp³-hybridized carbons (Fsp3) is 0.368. The highest BCUT2D eigenvalue weighted by Crippen LogP contribution is 2.56. The van der Waals surface area contributed by atoms with E-state index in [-0.39, 0.29) is 23.9 Å². The lowest BCUT2D eigenvalue weighted by molar-refractivity contribution is 0.236. The second kappa shape index (κ2) is 6.02. The molecule has 4 atom stereocenters. The minimum Gasteiger partial charge on any atom is -0.495 e. The molecule has 2 aromatic rings. The van der Waals surface area contributed by atoms with Gasteiger partial charge < -0.3 is 15.4 Å². The van der Waals surface area contributed by atoms with Gasteiger partial charge in [-0.2, -0.15) is 0 Å². The molecular weight excluding hydrogens is 321 g/mol. The molecule has 1 heterocycles. The number of benzene rings is 1. The largest absolute Gasteiger partial charge is 0.495 e. The molecule has 4 rings (SSSR count). The molecule has 5 nitrogen and oxygen atoms in total. The van der Waals surface area contributed by atoms with Crippen molar-refractivity contribution in [3.63, 3.8) is 0 Å². The Hall–Kier alpha value is -2.63. The Labute approximate surface area is 145 Å². The second-order valence-corrected chi connectivity index (χ2v) is 6.72. The molecule has 0 aliphatic heterocycles. The molecule has 0 bridgehead atoms. The molecule has 2 aliphatic carbocycles. The number of fused-ring (bicyclic) bond motifs is 3. The molecule has 1 aromatic carbocycles. The van der Waals surface area contributed by atoms with Crippen LogP contribution in [-0.4, -0.2) is 24.2 Å². The van der Waals surface area contributed by atoms with Gasteiger partial charge in [0.15, 0.2) is 0 Å².